The van der Waals surface area contributed by atoms with Gasteiger partial charge in [-0.1, -0.05) is 0 Å². The highest BCUT2D eigenvalue weighted by atomic mass is 15.2. The van der Waals surface area contributed by atoms with Crippen molar-refractivity contribution >= 4 is 17.1 Å². The molecule has 0 amide bonds. The van der Waals surface area contributed by atoms with Crippen molar-refractivity contribution in [1.82, 2.24) is 15.2 Å². The zero-order chi connectivity index (χ0) is 11.4. The molecule has 0 saturated heterocycles. The average Bonchev–Trinajstić information content (AvgIpc) is 2.76. The van der Waals surface area contributed by atoms with E-state index in [9.17, 15) is 0 Å². The summed E-state index contributed by atoms with van der Waals surface area (Å²) in [6, 6.07) is 5.49. The zero-order valence-corrected chi connectivity index (χ0v) is 8.77. The lowest BCUT2D eigenvalue weighted by atomic mass is 10.2. The second-order valence-electron chi connectivity index (χ2n) is 3.45. The first-order valence-corrected chi connectivity index (χ1v) is 4.99. The number of aromatic amines is 1. The second kappa shape index (κ2) is 4.52. The summed E-state index contributed by atoms with van der Waals surface area (Å²) in [7, 11) is 0. The van der Waals surface area contributed by atoms with Gasteiger partial charge in [-0.25, -0.2) is 4.98 Å². The number of nitrogens with two attached hydrogens (primary N) is 2. The van der Waals surface area contributed by atoms with Crippen molar-refractivity contribution in [2.75, 3.05) is 23.3 Å². The highest BCUT2D eigenvalue weighted by Crippen LogP contribution is 2.19. The maximum Gasteiger partial charge on any atom is 0.137 e. The van der Waals surface area contributed by atoms with Crippen LogP contribution in [0.5, 0.6) is 0 Å². The molecule has 1 aromatic heterocycles. The van der Waals surface area contributed by atoms with Gasteiger partial charge in [0.2, 0.25) is 0 Å². The Kier molecular flexibility index (Phi) is 2.90. The lowest BCUT2D eigenvalue weighted by molar-refractivity contribution is 0.901. The van der Waals surface area contributed by atoms with E-state index >= 15 is 0 Å². The molecule has 6 heteroatoms. The fourth-order valence-corrected chi connectivity index (χ4v) is 1.36. The number of hydrogen-bond acceptors (Lipinski definition) is 5. The van der Waals surface area contributed by atoms with Gasteiger partial charge in [-0.3, -0.25) is 5.10 Å². The number of anilines is 3. The fourth-order valence-electron chi connectivity index (χ4n) is 1.36. The summed E-state index contributed by atoms with van der Waals surface area (Å²) in [6.45, 7) is 0.762. The molecule has 0 unspecified atom stereocenters. The normalized spacial score (nSPS) is 10.2. The Labute approximate surface area is 93.1 Å². The van der Waals surface area contributed by atoms with Crippen molar-refractivity contribution in [1.29, 1.82) is 0 Å². The Morgan fingerprint density at radius 2 is 2.12 bits per heavy atom. The predicted octanol–water partition coefficient (Wildman–Crippen LogP) is 0.624. The minimum atomic E-state index is 0.588. The van der Waals surface area contributed by atoms with Crippen LogP contribution in [-0.4, -0.2) is 21.7 Å². The van der Waals surface area contributed by atoms with Crippen LogP contribution in [0.3, 0.4) is 0 Å². The molecule has 6 nitrogen and oxygen atoms in total. The first kappa shape index (κ1) is 10.3. The second-order valence-corrected chi connectivity index (χ2v) is 3.45. The number of aromatic nitrogens is 3. The van der Waals surface area contributed by atoms with E-state index in [1.54, 1.807) is 6.07 Å². The molecule has 16 heavy (non-hydrogen) atoms. The first-order chi connectivity index (χ1) is 7.75. The molecule has 1 aromatic carbocycles. The summed E-state index contributed by atoms with van der Waals surface area (Å²) in [6.07, 6.45) is 2.28. The van der Waals surface area contributed by atoms with Gasteiger partial charge in [0.25, 0.3) is 0 Å². The summed E-state index contributed by atoms with van der Waals surface area (Å²) in [5.41, 5.74) is 13.4. The van der Waals surface area contributed by atoms with Gasteiger partial charge in [-0.05, 0) is 18.2 Å². The molecule has 2 aromatic rings. The lowest BCUT2D eigenvalue weighted by Crippen LogP contribution is -2.06. The molecule has 6 N–H and O–H groups in total. The van der Waals surface area contributed by atoms with Gasteiger partial charge in [-0.2, -0.15) is 5.10 Å². The molecule has 0 spiro atoms. The summed E-state index contributed by atoms with van der Waals surface area (Å²) < 4.78 is 0. The van der Waals surface area contributed by atoms with Crippen LogP contribution in [-0.2, 0) is 6.42 Å². The number of nitrogen functional groups attached to an aromatic ring is 2. The minimum Gasteiger partial charge on any atom is -0.397 e. The maximum atomic E-state index is 5.69. The number of H-pyrrole nitrogens is 1. The van der Waals surface area contributed by atoms with Crippen LogP contribution in [0, 0.1) is 0 Å². The predicted molar refractivity (Wildman–Crippen MR) is 63.8 cm³/mol. The monoisotopic (exact) mass is 218 g/mol. The molecule has 0 aliphatic carbocycles. The van der Waals surface area contributed by atoms with Gasteiger partial charge < -0.3 is 16.8 Å². The van der Waals surface area contributed by atoms with E-state index in [4.69, 9.17) is 11.5 Å². The van der Waals surface area contributed by atoms with Crippen LogP contribution >= 0.6 is 0 Å². The number of nitrogens with zero attached hydrogens (tertiary/aromatic N) is 2. The van der Waals surface area contributed by atoms with E-state index in [1.165, 1.54) is 6.33 Å². The van der Waals surface area contributed by atoms with E-state index in [0.29, 0.717) is 11.4 Å². The van der Waals surface area contributed by atoms with E-state index in [0.717, 1.165) is 24.5 Å². The smallest absolute Gasteiger partial charge is 0.137 e. The van der Waals surface area contributed by atoms with Crippen LogP contribution < -0.4 is 16.8 Å². The molecular weight excluding hydrogens is 204 g/mol. The summed E-state index contributed by atoms with van der Waals surface area (Å²) in [4.78, 5) is 4.03. The first-order valence-electron chi connectivity index (χ1n) is 4.99. The third-order valence-corrected chi connectivity index (χ3v) is 2.24. The Hall–Kier alpha value is -2.24. The third-order valence-electron chi connectivity index (χ3n) is 2.24. The van der Waals surface area contributed by atoms with Crippen LogP contribution in [0.25, 0.3) is 0 Å². The molecule has 0 saturated carbocycles. The van der Waals surface area contributed by atoms with Gasteiger partial charge in [0.1, 0.15) is 12.2 Å². The Morgan fingerprint density at radius 3 is 2.81 bits per heavy atom. The molecule has 0 aliphatic rings. The topological polar surface area (TPSA) is 106 Å². The average molecular weight is 218 g/mol. The number of nitrogens with one attached hydrogen (secondary N) is 2. The van der Waals surface area contributed by atoms with Crippen molar-refractivity contribution in [2.45, 2.75) is 6.42 Å². The molecule has 0 radical (unpaired) electrons. The van der Waals surface area contributed by atoms with Gasteiger partial charge in [0, 0.05) is 18.7 Å². The Morgan fingerprint density at radius 1 is 1.25 bits per heavy atom. The minimum absolute atomic E-state index is 0.588. The molecule has 0 bridgehead atoms. The van der Waals surface area contributed by atoms with E-state index < -0.39 is 0 Å². The SMILES string of the molecule is Nc1ccc(NCCc2ncn[nH]2)cc1N. The highest BCUT2D eigenvalue weighted by molar-refractivity contribution is 5.69. The lowest BCUT2D eigenvalue weighted by Gasteiger charge is -2.07. The molecule has 2 rings (SSSR count). The van der Waals surface area contributed by atoms with Gasteiger partial charge in [0.05, 0.1) is 11.4 Å². The summed E-state index contributed by atoms with van der Waals surface area (Å²) >= 11 is 0. The van der Waals surface area contributed by atoms with Crippen LogP contribution in [0.2, 0.25) is 0 Å². The number of hydrogen-bond donors (Lipinski definition) is 4. The van der Waals surface area contributed by atoms with E-state index in [1.807, 2.05) is 12.1 Å². The molecule has 0 fully saturated rings. The number of benzene rings is 1. The Bertz CT molecular complexity index is 450. The standard InChI is InChI=1S/C10H14N6/c11-8-2-1-7(5-9(8)12)13-4-3-10-14-6-15-16-10/h1-2,5-6,13H,3-4,11-12H2,(H,14,15,16). The van der Waals surface area contributed by atoms with Crippen molar-refractivity contribution in [3.05, 3.63) is 30.4 Å². The fraction of sp³-hybridized carbons (Fsp3) is 0.200. The molecule has 84 valence electrons. The van der Waals surface area contributed by atoms with Gasteiger partial charge >= 0.3 is 0 Å². The Balaban J connectivity index is 1.87. The summed E-state index contributed by atoms with van der Waals surface area (Å²) in [5.74, 6) is 0.857. The molecule has 0 aliphatic heterocycles. The van der Waals surface area contributed by atoms with Crippen molar-refractivity contribution in [3.8, 4) is 0 Å². The quantitative estimate of drug-likeness (QED) is 0.563. The maximum absolute atomic E-state index is 5.69. The van der Waals surface area contributed by atoms with Crippen LogP contribution in [0.15, 0.2) is 24.5 Å². The van der Waals surface area contributed by atoms with E-state index in [2.05, 4.69) is 20.5 Å². The van der Waals surface area contributed by atoms with Crippen LogP contribution in [0.4, 0.5) is 17.1 Å². The highest BCUT2D eigenvalue weighted by Gasteiger charge is 1.98. The molecule has 0 atom stereocenters. The van der Waals surface area contributed by atoms with Gasteiger partial charge in [-0.15, -0.1) is 0 Å². The van der Waals surface area contributed by atoms with Gasteiger partial charge in [0.15, 0.2) is 0 Å². The van der Waals surface area contributed by atoms with Crippen LogP contribution in [0.1, 0.15) is 5.82 Å². The zero-order valence-electron chi connectivity index (χ0n) is 8.77. The van der Waals surface area contributed by atoms with E-state index in [-0.39, 0.29) is 0 Å². The largest absolute Gasteiger partial charge is 0.397 e. The summed E-state index contributed by atoms with van der Waals surface area (Å²) in [5, 5.41) is 9.80. The van der Waals surface area contributed by atoms with Crippen molar-refractivity contribution in [2.24, 2.45) is 0 Å². The number of rotatable bonds is 4. The third kappa shape index (κ3) is 2.41. The van der Waals surface area contributed by atoms with Crippen molar-refractivity contribution in [3.63, 3.8) is 0 Å². The van der Waals surface area contributed by atoms with Crippen molar-refractivity contribution < 1.29 is 0 Å². The molecular formula is C10H14N6. The molecule has 1 heterocycles.